The summed E-state index contributed by atoms with van der Waals surface area (Å²) in [7, 11) is -4.54. The molecule has 0 aliphatic heterocycles. The van der Waals surface area contributed by atoms with E-state index >= 15 is 0 Å². The fourth-order valence-electron chi connectivity index (χ4n) is 1.80. The Kier molecular flexibility index (Phi) is 5.51. The highest BCUT2D eigenvalue weighted by Gasteiger charge is 2.13. The SMILES string of the molecule is O=C(NCCOP(=O)(O)O)NCc1cc2ccccc2oc1=O. The van der Waals surface area contributed by atoms with Gasteiger partial charge in [-0.15, -0.1) is 0 Å². The van der Waals surface area contributed by atoms with Gasteiger partial charge in [-0.25, -0.2) is 14.2 Å². The molecule has 0 fully saturated rings. The molecule has 4 N–H and O–H groups in total. The summed E-state index contributed by atoms with van der Waals surface area (Å²) in [6.07, 6.45) is 0. The summed E-state index contributed by atoms with van der Waals surface area (Å²) in [5.41, 5.74) is 0.194. The summed E-state index contributed by atoms with van der Waals surface area (Å²) in [6.45, 7) is -0.475. The van der Waals surface area contributed by atoms with E-state index in [4.69, 9.17) is 14.2 Å². The van der Waals surface area contributed by atoms with Crippen LogP contribution in [0.4, 0.5) is 4.79 Å². The highest BCUT2D eigenvalue weighted by molar-refractivity contribution is 7.46. The van der Waals surface area contributed by atoms with Crippen LogP contribution in [0.3, 0.4) is 0 Å². The number of benzene rings is 1. The van der Waals surface area contributed by atoms with E-state index in [2.05, 4.69) is 15.2 Å². The largest absolute Gasteiger partial charge is 0.469 e. The monoisotopic (exact) mass is 342 g/mol. The van der Waals surface area contributed by atoms with E-state index in [-0.39, 0.29) is 25.3 Å². The lowest BCUT2D eigenvalue weighted by atomic mass is 10.2. The number of carbonyl (C=O) groups excluding carboxylic acids is 1. The molecule has 0 saturated carbocycles. The van der Waals surface area contributed by atoms with E-state index in [0.717, 1.165) is 5.39 Å². The van der Waals surface area contributed by atoms with E-state index in [1.54, 1.807) is 30.3 Å². The molecule has 0 saturated heterocycles. The van der Waals surface area contributed by atoms with Gasteiger partial charge in [-0.3, -0.25) is 4.52 Å². The van der Waals surface area contributed by atoms with Crippen LogP contribution >= 0.6 is 7.82 Å². The van der Waals surface area contributed by atoms with Gasteiger partial charge in [0, 0.05) is 11.9 Å². The Morgan fingerprint density at radius 2 is 2.00 bits per heavy atom. The number of para-hydroxylation sites is 1. The number of phosphoric ester groups is 1. The maximum absolute atomic E-state index is 11.8. The smallest absolute Gasteiger partial charge is 0.422 e. The molecule has 0 unspecified atom stereocenters. The molecule has 1 aromatic carbocycles. The van der Waals surface area contributed by atoms with E-state index in [1.807, 2.05) is 0 Å². The summed E-state index contributed by atoms with van der Waals surface area (Å²) >= 11 is 0. The van der Waals surface area contributed by atoms with Crippen molar-refractivity contribution in [1.29, 1.82) is 0 Å². The molecule has 124 valence electrons. The zero-order valence-corrected chi connectivity index (χ0v) is 12.8. The van der Waals surface area contributed by atoms with Crippen LogP contribution in [-0.2, 0) is 15.6 Å². The molecule has 0 spiro atoms. The Morgan fingerprint density at radius 3 is 2.74 bits per heavy atom. The summed E-state index contributed by atoms with van der Waals surface area (Å²) < 4.78 is 19.7. The Labute approximate surface area is 130 Å². The molecule has 0 radical (unpaired) electrons. The zero-order chi connectivity index (χ0) is 16.9. The molecule has 2 rings (SSSR count). The average molecular weight is 342 g/mol. The third kappa shape index (κ3) is 5.50. The molecule has 0 aliphatic rings. The van der Waals surface area contributed by atoms with E-state index < -0.39 is 19.5 Å². The lowest BCUT2D eigenvalue weighted by molar-refractivity contribution is 0.195. The fourth-order valence-corrected chi connectivity index (χ4v) is 2.12. The minimum Gasteiger partial charge on any atom is -0.422 e. The first-order chi connectivity index (χ1) is 10.8. The lowest BCUT2D eigenvalue weighted by Crippen LogP contribution is -2.37. The molecular formula is C13H15N2O7P. The van der Waals surface area contributed by atoms with Crippen molar-refractivity contribution >= 4 is 24.8 Å². The molecule has 0 atom stereocenters. The standard InChI is InChI=1S/C13H15N2O7P/c16-12-10(7-9-3-1-2-4-11(9)22-12)8-15-13(17)14-5-6-21-23(18,19)20/h1-4,7H,5-6,8H2,(H2,14,15,17)(H2,18,19,20). The number of fused-ring (bicyclic) bond motifs is 1. The van der Waals surface area contributed by atoms with Crippen molar-refractivity contribution in [3.63, 3.8) is 0 Å². The molecule has 0 aliphatic carbocycles. The second-order valence-corrected chi connectivity index (χ2v) is 5.77. The topological polar surface area (TPSA) is 138 Å². The van der Waals surface area contributed by atoms with Gasteiger partial charge in [0.15, 0.2) is 0 Å². The summed E-state index contributed by atoms with van der Waals surface area (Å²) in [4.78, 5) is 40.2. The number of urea groups is 1. The number of amides is 2. The third-order valence-electron chi connectivity index (χ3n) is 2.80. The number of nitrogens with one attached hydrogen (secondary N) is 2. The minimum atomic E-state index is -4.54. The summed E-state index contributed by atoms with van der Waals surface area (Å²) in [5, 5.41) is 5.51. The van der Waals surface area contributed by atoms with Crippen LogP contribution in [0, 0.1) is 0 Å². The normalized spacial score (nSPS) is 11.4. The van der Waals surface area contributed by atoms with Crippen LogP contribution in [-0.4, -0.2) is 29.0 Å². The molecule has 0 bridgehead atoms. The first-order valence-corrected chi connectivity index (χ1v) is 8.12. The van der Waals surface area contributed by atoms with Crippen LogP contribution < -0.4 is 16.3 Å². The minimum absolute atomic E-state index is 0.0433. The number of hydrogen-bond donors (Lipinski definition) is 4. The van der Waals surface area contributed by atoms with Gasteiger partial charge in [-0.2, -0.15) is 0 Å². The van der Waals surface area contributed by atoms with Crippen LogP contribution in [0.25, 0.3) is 11.0 Å². The average Bonchev–Trinajstić information content (AvgIpc) is 2.48. The second kappa shape index (κ2) is 7.38. The highest BCUT2D eigenvalue weighted by Crippen LogP contribution is 2.35. The quantitative estimate of drug-likeness (QED) is 0.344. The Bertz CT molecular complexity index is 798. The molecule has 10 heteroatoms. The van der Waals surface area contributed by atoms with Crippen molar-refractivity contribution in [3.05, 3.63) is 46.3 Å². The molecular weight excluding hydrogens is 327 g/mol. The van der Waals surface area contributed by atoms with Crippen molar-refractivity contribution in [2.24, 2.45) is 0 Å². The summed E-state index contributed by atoms with van der Waals surface area (Å²) in [5.74, 6) is 0. The number of phosphoric acid groups is 1. The van der Waals surface area contributed by atoms with Crippen molar-refractivity contribution in [1.82, 2.24) is 10.6 Å². The van der Waals surface area contributed by atoms with Gasteiger partial charge < -0.3 is 24.8 Å². The Hall–Kier alpha value is -2.19. The van der Waals surface area contributed by atoms with E-state index in [1.165, 1.54) is 0 Å². The van der Waals surface area contributed by atoms with Gasteiger partial charge >= 0.3 is 19.5 Å². The van der Waals surface area contributed by atoms with E-state index in [9.17, 15) is 14.2 Å². The number of hydrogen-bond acceptors (Lipinski definition) is 5. The molecule has 1 aromatic heterocycles. The first-order valence-electron chi connectivity index (χ1n) is 6.59. The summed E-state index contributed by atoms with van der Waals surface area (Å²) in [6, 6.07) is 8.01. The van der Waals surface area contributed by atoms with Crippen LogP contribution in [0.2, 0.25) is 0 Å². The zero-order valence-electron chi connectivity index (χ0n) is 11.9. The van der Waals surface area contributed by atoms with Crippen LogP contribution in [0.1, 0.15) is 5.56 Å². The van der Waals surface area contributed by atoms with Crippen molar-refractivity contribution in [2.75, 3.05) is 13.2 Å². The molecule has 2 amide bonds. The van der Waals surface area contributed by atoms with Crippen molar-refractivity contribution < 1.29 is 28.1 Å². The van der Waals surface area contributed by atoms with Gasteiger partial charge in [0.1, 0.15) is 5.58 Å². The molecule has 2 aromatic rings. The van der Waals surface area contributed by atoms with Crippen molar-refractivity contribution in [3.8, 4) is 0 Å². The fraction of sp³-hybridized carbons (Fsp3) is 0.231. The van der Waals surface area contributed by atoms with Gasteiger partial charge in [0.2, 0.25) is 0 Å². The highest BCUT2D eigenvalue weighted by atomic mass is 31.2. The lowest BCUT2D eigenvalue weighted by Gasteiger charge is -2.08. The maximum Gasteiger partial charge on any atom is 0.469 e. The number of rotatable bonds is 6. The molecule has 9 nitrogen and oxygen atoms in total. The Balaban J connectivity index is 1.86. The maximum atomic E-state index is 11.8. The Morgan fingerprint density at radius 1 is 1.26 bits per heavy atom. The van der Waals surface area contributed by atoms with Gasteiger partial charge in [0.05, 0.1) is 18.7 Å². The number of carbonyl (C=O) groups is 1. The van der Waals surface area contributed by atoms with Gasteiger partial charge in [0.25, 0.3) is 0 Å². The molecule has 23 heavy (non-hydrogen) atoms. The molecule has 1 heterocycles. The first kappa shape index (κ1) is 17.2. The van der Waals surface area contributed by atoms with Gasteiger partial charge in [-0.1, -0.05) is 18.2 Å². The predicted molar refractivity (Wildman–Crippen MR) is 80.7 cm³/mol. The predicted octanol–water partition coefficient (Wildman–Crippen LogP) is 0.701. The van der Waals surface area contributed by atoms with Crippen LogP contribution in [0.15, 0.2) is 39.5 Å². The van der Waals surface area contributed by atoms with Crippen LogP contribution in [0.5, 0.6) is 0 Å². The van der Waals surface area contributed by atoms with E-state index in [0.29, 0.717) is 5.58 Å². The van der Waals surface area contributed by atoms with Gasteiger partial charge in [-0.05, 0) is 12.1 Å². The third-order valence-corrected chi connectivity index (χ3v) is 3.32. The van der Waals surface area contributed by atoms with Crippen molar-refractivity contribution in [2.45, 2.75) is 6.54 Å². The second-order valence-electron chi connectivity index (χ2n) is 4.53.